The summed E-state index contributed by atoms with van der Waals surface area (Å²) in [5.74, 6) is -20.5. The van der Waals surface area contributed by atoms with E-state index in [1.807, 2.05) is 0 Å². The molecule has 7 heterocycles. The molecular formula is C84H112FeN20Na4O21S2. The quantitative estimate of drug-likeness (QED) is 0.0146. The number of thioether (sulfide) groups is 2. The van der Waals surface area contributed by atoms with E-state index in [1.165, 1.54) is 33.3 Å². The maximum Gasteiger partial charge on any atom is 2.00 e. The van der Waals surface area contributed by atoms with Crippen LogP contribution in [0, 0.1) is 25.7 Å². The fourth-order valence-corrected chi connectivity index (χ4v) is 16.7. The average molecular weight is 1950 g/mol. The number of aliphatic hydroxyl groups excluding tert-OH is 1. The summed E-state index contributed by atoms with van der Waals surface area (Å²) in [5, 5.41) is 82.8. The molecule has 132 heavy (non-hydrogen) atoms. The maximum absolute atomic E-state index is 15.6. The number of aliphatic hydroxyl groups is 1. The second-order valence-corrected chi connectivity index (χ2v) is 35.0. The zero-order chi connectivity index (χ0) is 94.3. The number of aliphatic carboxylic acids is 4. The van der Waals surface area contributed by atoms with Crippen molar-refractivity contribution in [2.24, 2.45) is 34.8 Å². The number of primary amides is 2. The van der Waals surface area contributed by atoms with E-state index in [1.54, 1.807) is 79.7 Å². The molecule has 7 rings (SSSR count). The van der Waals surface area contributed by atoms with Crippen LogP contribution in [0.15, 0.2) is 36.8 Å². The molecule has 41 nitrogen and oxygen atoms in total. The largest absolute Gasteiger partial charge is 2.00 e. The van der Waals surface area contributed by atoms with Crippen molar-refractivity contribution in [2.75, 3.05) is 18.1 Å². The second-order valence-electron chi connectivity index (χ2n) is 32.3. The van der Waals surface area contributed by atoms with Gasteiger partial charge in [-0.05, 0) is 172 Å². The Kier molecular flexibility index (Phi) is 51.9. The van der Waals surface area contributed by atoms with Gasteiger partial charge in [-0.3, -0.25) is 57.5 Å². The normalized spacial score (nSPS) is 18.3. The zero-order valence-corrected chi connectivity index (χ0v) is 87.8. The van der Waals surface area contributed by atoms with Gasteiger partial charge in [-0.25, -0.2) is 15.0 Å². The number of H-pyrrole nitrogens is 1. The number of carbonyl (C=O) groups excluding carboxylic acids is 16. The van der Waals surface area contributed by atoms with Gasteiger partial charge in [0.2, 0.25) is 70.9 Å². The number of imidazole rings is 1. The second kappa shape index (κ2) is 56.8. The fraction of sp³-hybridized carbons (Fsp3) is 0.536. The van der Waals surface area contributed by atoms with E-state index in [0.717, 1.165) is 30.4 Å². The number of aryl methyl sites for hydroxylation is 3. The molecule has 0 fully saturated rings. The number of hydrogen-bond donors (Lipinski definition) is 16. The van der Waals surface area contributed by atoms with Gasteiger partial charge < -0.3 is 136 Å². The van der Waals surface area contributed by atoms with Crippen molar-refractivity contribution in [3.05, 3.63) is 87.5 Å². The molecule has 0 spiro atoms. The molecule has 12 amide bonds. The first-order valence-corrected chi connectivity index (χ1v) is 43.7. The van der Waals surface area contributed by atoms with Crippen molar-refractivity contribution in [3.8, 4) is 0 Å². The van der Waals surface area contributed by atoms with E-state index >= 15 is 19.2 Å². The van der Waals surface area contributed by atoms with Crippen LogP contribution in [0.25, 0.3) is 44.4 Å². The third-order valence-electron chi connectivity index (χ3n) is 21.9. The summed E-state index contributed by atoms with van der Waals surface area (Å²) in [4.78, 5) is 247. The summed E-state index contributed by atoms with van der Waals surface area (Å²) in [5.41, 5.74) is 30.0. The number of allylic oxidation sites excluding steroid dienone is 3. The summed E-state index contributed by atoms with van der Waals surface area (Å²) in [6, 6.07) is -11.4. The van der Waals surface area contributed by atoms with Crippen molar-refractivity contribution in [3.63, 3.8) is 0 Å². The van der Waals surface area contributed by atoms with Crippen molar-refractivity contribution in [1.82, 2.24) is 83.1 Å². The first-order chi connectivity index (χ1) is 59.8. The van der Waals surface area contributed by atoms with Crippen LogP contribution in [-0.4, -0.2) is 216 Å². The van der Waals surface area contributed by atoms with Gasteiger partial charge in [0.1, 0.15) is 54.4 Å². The van der Waals surface area contributed by atoms with Crippen LogP contribution in [0.1, 0.15) is 202 Å². The molecule has 0 aliphatic carbocycles. The van der Waals surface area contributed by atoms with Gasteiger partial charge in [-0.15, -0.1) is 22.1 Å². The Morgan fingerprint density at radius 3 is 1.68 bits per heavy atom. The summed E-state index contributed by atoms with van der Waals surface area (Å²) in [6.45, 7) is 19.3. The SMILES string of the molecule is CC1=C(CCC(=O)[O-])c2cc3[n-]c(cc4nc5cc6[n-]c(cc1n2)c(C)c6C(C)SCC(NC(=O)C(CCCCN)NC(=O)C(CCC(N)=O)NC(=O)C(N)C(C)C)C(=O)NC(C)C(=O)NC(CCC(N)=O)C(=O)NC(C(=O)NC(Cc1c[nH]cn1)C(=O)NC(C(=O)NC(C(=O)NC(CCC(=O)[O-])C(=O)[O-])C(C)C)C(C)O)CSC(C)C4=C5C)c(C)c3CCC(=O)[O-].[Fe+2].[Na+].[Na+].[Na+].[Na+]. The number of aromatic nitrogens is 6. The number of unbranched alkanes of at least 4 members (excludes halogenated alkanes) is 1. The van der Waals surface area contributed by atoms with E-state index in [2.05, 4.69) is 63.1 Å². The van der Waals surface area contributed by atoms with Gasteiger partial charge in [0, 0.05) is 65.4 Å². The maximum atomic E-state index is 15.6. The Morgan fingerprint density at radius 1 is 0.553 bits per heavy atom. The first-order valence-electron chi connectivity index (χ1n) is 41.6. The molecule has 20 N–H and O–H groups in total. The molecule has 14 unspecified atom stereocenters. The molecule has 9 bridgehead atoms. The minimum absolute atomic E-state index is 0. The summed E-state index contributed by atoms with van der Waals surface area (Å²) >= 11 is 2.21. The number of hydrogen-bond acceptors (Lipinski definition) is 28. The third-order valence-corrected chi connectivity index (χ3v) is 24.4. The number of nitrogens with zero attached hydrogens (tertiary/aromatic N) is 5. The van der Waals surface area contributed by atoms with E-state index in [0.29, 0.717) is 84.6 Å². The third kappa shape index (κ3) is 34.9. The topological polar surface area (TPSA) is 693 Å². The minimum Gasteiger partial charge on any atom is -0.657 e. The van der Waals surface area contributed by atoms with Gasteiger partial charge >= 0.3 is 135 Å². The first kappa shape index (κ1) is 120. The van der Waals surface area contributed by atoms with E-state index in [9.17, 15) is 83.1 Å². The Labute approximate surface area is 870 Å². The minimum atomic E-state index is -1.96. The van der Waals surface area contributed by atoms with Crippen LogP contribution in [0.2, 0.25) is 0 Å². The van der Waals surface area contributed by atoms with Crippen molar-refractivity contribution in [2.45, 2.75) is 256 Å². The Hall–Kier alpha value is -7.57. The van der Waals surface area contributed by atoms with Gasteiger partial charge in [-0.1, -0.05) is 68.7 Å². The van der Waals surface area contributed by atoms with Crippen LogP contribution >= 0.6 is 23.5 Å². The Bertz CT molecular complexity index is 5080. The zero-order valence-electron chi connectivity index (χ0n) is 77.1. The number of amides is 12. The number of carbonyl (C=O) groups is 16. The van der Waals surface area contributed by atoms with Crippen LogP contribution < -0.4 is 225 Å². The number of fused-ring (bicyclic) bond motifs is 7. The molecule has 0 radical (unpaired) electrons. The summed E-state index contributed by atoms with van der Waals surface area (Å²) in [6.07, 6.45) is -3.52. The number of nitrogens with one attached hydrogen (secondary N) is 11. The van der Waals surface area contributed by atoms with Crippen LogP contribution in [0.3, 0.4) is 0 Å². The van der Waals surface area contributed by atoms with Crippen molar-refractivity contribution >= 4 is 163 Å². The number of nitrogens with two attached hydrogens (primary N) is 4. The Morgan fingerprint density at radius 2 is 1.09 bits per heavy atom. The molecule has 0 saturated carbocycles. The Balaban J connectivity index is 0.0000118. The monoisotopic (exact) mass is 1950 g/mol. The predicted octanol–water partition coefficient (Wildman–Crippen LogP) is -17.0. The molecule has 14 atom stereocenters. The molecule has 0 aromatic carbocycles. The van der Waals surface area contributed by atoms with Crippen molar-refractivity contribution in [1.29, 1.82) is 0 Å². The molecular weight excluding hydrogens is 1840 g/mol. The van der Waals surface area contributed by atoms with Crippen LogP contribution in [0.4, 0.5) is 0 Å². The number of rotatable bonds is 39. The number of aromatic amines is 1. The molecule has 48 heteroatoms. The molecule has 698 valence electrons. The summed E-state index contributed by atoms with van der Waals surface area (Å²) in [7, 11) is 0. The smallest absolute Gasteiger partial charge is 0.657 e. The molecule has 4 aromatic heterocycles. The average Bonchev–Trinajstić information content (AvgIpc) is 1.61. The molecule has 3 aliphatic heterocycles. The molecule has 3 aliphatic rings. The van der Waals surface area contributed by atoms with Gasteiger partial charge in [0.15, 0.2) is 0 Å². The molecule has 0 saturated heterocycles. The summed E-state index contributed by atoms with van der Waals surface area (Å²) < 4.78 is 0. The van der Waals surface area contributed by atoms with E-state index < -0.39 is 240 Å². The van der Waals surface area contributed by atoms with E-state index in [-0.39, 0.29) is 203 Å². The number of carboxylic acid groups (broad SMARTS) is 4. The van der Waals surface area contributed by atoms with E-state index in [4.69, 9.17) is 42.9 Å². The molecule has 4 aromatic rings. The van der Waals surface area contributed by atoms with Gasteiger partial charge in [0.05, 0.1) is 59.0 Å². The standard InChI is InChI=1S/C84H118N20O21S2.Fe.4Na/c1-36(2)71(88)81(121)98-51(19-22-65(87)107)76(116)97-49(15-13-14-26-85)75(115)101-62-33-126-44(11)69-40(7)55-28-53-38(5)47(16-23-66(108)109)57(92-53)31-58-48(17-24-67(110)111)39(6)54(93-58)29-59-70(41(8)56(95-59)30-60(69)94-55)45(12)127-34-63(102-77(117)50(18-21-64(86)106)96-74(114)42(9)91-79(62)119)80(120)100-61(27-46-32-89-35-90-46)78(118)104-73(43(10)105)83(123)103-72(37(3)4)82(122)99-52(84(124)125)20-25-68(112)113;;;;;/h28-32,35-37,42-45,49-52,61-63,71-73,105H,13-27,33-34,85,88H2,1-12H3,(H21,86,87,89,90,91,92,93,94,95,96,97,98,99,100,101,102,103,104,106,107,108,109,110,111,112,113,114,115,116,117,118,119,120,121,122,123,124,125);;;;;/q;+2;4*+1/p-6. The van der Waals surface area contributed by atoms with Crippen molar-refractivity contribution < 1.29 is 238 Å². The van der Waals surface area contributed by atoms with Gasteiger partial charge in [-0.2, -0.15) is 23.5 Å². The predicted molar refractivity (Wildman–Crippen MR) is 459 cm³/mol. The fourth-order valence-electron chi connectivity index (χ4n) is 14.4. The van der Waals surface area contributed by atoms with Crippen LogP contribution in [-0.2, 0) is 107 Å². The number of carboxylic acids is 4. The van der Waals surface area contributed by atoms with Gasteiger partial charge in [0.25, 0.3) is 0 Å². The van der Waals surface area contributed by atoms with Crippen LogP contribution in [0.5, 0.6) is 0 Å².